The van der Waals surface area contributed by atoms with Gasteiger partial charge in [-0.05, 0) is 96.0 Å². The summed E-state index contributed by atoms with van der Waals surface area (Å²) in [7, 11) is -2.46. The number of alkyl halides is 3. The summed E-state index contributed by atoms with van der Waals surface area (Å²) in [4.78, 5) is 78.3. The molecule has 23 heteroatoms. The van der Waals surface area contributed by atoms with Gasteiger partial charge in [-0.3, -0.25) is 33.9 Å². The van der Waals surface area contributed by atoms with Crippen LogP contribution in [-0.2, 0) is 44.4 Å². The van der Waals surface area contributed by atoms with Gasteiger partial charge in [-0.2, -0.15) is 0 Å². The summed E-state index contributed by atoms with van der Waals surface area (Å²) in [6.45, 7) is 11.7. The molecule has 1 fully saturated rings. The maximum atomic E-state index is 14.4. The van der Waals surface area contributed by atoms with Crippen molar-refractivity contribution < 1.29 is 66.4 Å². The van der Waals surface area contributed by atoms with Crippen LogP contribution in [0.3, 0.4) is 0 Å². The monoisotopic (exact) mass is 1080 g/mol. The highest BCUT2D eigenvalue weighted by Crippen LogP contribution is 2.40. The van der Waals surface area contributed by atoms with Gasteiger partial charge in [0.25, 0.3) is 17.7 Å². The van der Waals surface area contributed by atoms with Crippen LogP contribution in [0.4, 0.5) is 15.8 Å². The van der Waals surface area contributed by atoms with E-state index in [1.54, 1.807) is 45.1 Å². The molecule has 6 rings (SSSR count). The highest BCUT2D eigenvalue weighted by atomic mass is 35.5. The van der Waals surface area contributed by atoms with Crippen molar-refractivity contribution in [3.05, 3.63) is 87.6 Å². The van der Waals surface area contributed by atoms with Crippen LogP contribution in [0.5, 0.6) is 5.75 Å². The largest absolute Gasteiger partial charge is 0.480 e. The van der Waals surface area contributed by atoms with E-state index in [0.717, 1.165) is 47.0 Å². The molecule has 4 amide bonds. The van der Waals surface area contributed by atoms with E-state index in [-0.39, 0.29) is 46.3 Å². The molecule has 3 atom stereocenters. The number of methoxy groups -OCH3 is 1. The Hall–Kier alpha value is -4.51. The van der Waals surface area contributed by atoms with Crippen molar-refractivity contribution in [2.24, 2.45) is 0 Å². The molecule has 1 saturated heterocycles. The highest BCUT2D eigenvalue weighted by Gasteiger charge is 2.45. The predicted molar refractivity (Wildman–Crippen MR) is 265 cm³/mol. The minimum absolute atomic E-state index is 0.0223. The van der Waals surface area contributed by atoms with Crippen LogP contribution < -0.4 is 19.9 Å². The number of furan rings is 1. The molecule has 4 N–H and O–H groups in total. The van der Waals surface area contributed by atoms with Crippen LogP contribution in [0.25, 0.3) is 0 Å². The molecule has 3 aromatic rings. The number of aryl methyl sites for hydroxylation is 2. The van der Waals surface area contributed by atoms with E-state index in [4.69, 9.17) is 86.3 Å². The van der Waals surface area contributed by atoms with Crippen LogP contribution in [0.15, 0.2) is 64.3 Å². The summed E-state index contributed by atoms with van der Waals surface area (Å²) < 4.78 is 46.1. The second-order valence-electron chi connectivity index (χ2n) is 16.4. The number of para-hydroxylation sites is 1. The van der Waals surface area contributed by atoms with Gasteiger partial charge in [0.1, 0.15) is 35.0 Å². The third kappa shape index (κ3) is 16.5. The number of imide groups is 1. The topological polar surface area (TPSA) is 226 Å². The molecule has 0 radical (unpaired) electrons. The number of carbonyl (C=O) groups excluding carboxylic acids is 4. The number of hydrogen-bond acceptors (Lipinski definition) is 11. The molecular formula is C47H58Cl4FN4O13P. The van der Waals surface area contributed by atoms with Crippen molar-refractivity contribution in [3.63, 3.8) is 0 Å². The van der Waals surface area contributed by atoms with Crippen molar-refractivity contribution in [2.45, 2.75) is 102 Å². The van der Waals surface area contributed by atoms with Crippen LogP contribution in [0.2, 0.25) is 5.02 Å². The summed E-state index contributed by atoms with van der Waals surface area (Å²) in [6, 6.07) is 11.9. The molecule has 3 heterocycles. The molecule has 0 bridgehead atoms. The lowest BCUT2D eigenvalue weighted by atomic mass is 9.93. The summed E-state index contributed by atoms with van der Waals surface area (Å²) in [6.07, 6.45) is 9.04. The first-order chi connectivity index (χ1) is 32.8. The number of ether oxygens (including phenoxy) is 3. The number of aliphatic carboxylic acids is 1. The van der Waals surface area contributed by atoms with Gasteiger partial charge in [0.05, 0.1) is 54.7 Å². The van der Waals surface area contributed by atoms with E-state index in [9.17, 15) is 32.9 Å². The first-order valence-corrected chi connectivity index (χ1v) is 25.4. The highest BCUT2D eigenvalue weighted by molar-refractivity contribution is 7.51. The number of carbonyl (C=O) groups is 5. The summed E-state index contributed by atoms with van der Waals surface area (Å²) in [5.41, 5.74) is 3.28. The quantitative estimate of drug-likeness (QED) is 0.0486. The van der Waals surface area contributed by atoms with Gasteiger partial charge in [0.2, 0.25) is 5.91 Å². The SMILES string of the molecule is C#CC(C)Oc1cc(N2C(=O)C3=C(CCCC3)C2=O)c(F)cc1Cl.CC1(C)OC(c2ccco2)CN1C(=O)C(Cl)Cl.CCc1cccc(C)c1N(C(=O)CCl)C(C)COC.O=C(O)CNCP(=O)(O)O. The van der Waals surface area contributed by atoms with Gasteiger partial charge in [0.15, 0.2) is 10.9 Å². The molecule has 1 aliphatic carbocycles. The van der Waals surface area contributed by atoms with Crippen molar-refractivity contribution in [1.82, 2.24) is 10.2 Å². The number of nitrogens with one attached hydrogen (secondary N) is 1. The number of amides is 4. The number of carboxylic acids is 1. The second kappa shape index (κ2) is 27.4. The number of benzene rings is 2. The zero-order valence-corrected chi connectivity index (χ0v) is 43.6. The van der Waals surface area contributed by atoms with E-state index in [1.165, 1.54) is 11.0 Å². The van der Waals surface area contributed by atoms with Gasteiger partial charge in [-0.15, -0.1) is 18.0 Å². The molecule has 17 nitrogen and oxygen atoms in total. The van der Waals surface area contributed by atoms with E-state index in [1.807, 2.05) is 32.0 Å². The van der Waals surface area contributed by atoms with Crippen molar-refractivity contribution in [3.8, 4) is 18.1 Å². The summed E-state index contributed by atoms with van der Waals surface area (Å²) in [5, 5.41) is 10.1. The average Bonchev–Trinajstić information content (AvgIpc) is 4.01. The standard InChI is InChI=1S/C18H15ClFNO3.C15H22ClNO2.C11H13Cl2NO3.C3H8NO5P/c1-3-10(2)24-16-9-15(14(20)8-13(16)19)21-17(22)11-6-4-5-7-12(11)18(21)23;1-5-13-8-6-7-11(2)15(13)17(14(18)9-16)12(3)10-19-4;1-11(2)14(10(15)9(12)13)6-8(17-11)7-4-3-5-16-7;5-3(6)1-4-2-10(7,8)9/h1,8-10H,4-7H2,2H3;6-8,12H,5,9-10H2,1-4H3;3-5,8-9H,6H2,1-2H3;4H,1-2H2,(H,5,6)(H2,7,8,9). The van der Waals surface area contributed by atoms with Gasteiger partial charge in [0, 0.05) is 24.3 Å². The smallest absolute Gasteiger partial charge is 0.339 e. The molecule has 70 heavy (non-hydrogen) atoms. The number of halogens is 5. The summed E-state index contributed by atoms with van der Waals surface area (Å²) >= 11 is 22.9. The second-order valence-corrected chi connectivity index (χ2v) is 19.8. The Morgan fingerprint density at radius 3 is 2.21 bits per heavy atom. The molecule has 0 spiro atoms. The molecule has 2 aromatic carbocycles. The maximum absolute atomic E-state index is 14.4. The Morgan fingerprint density at radius 2 is 1.71 bits per heavy atom. The fraction of sp³-hybridized carbons (Fsp3) is 0.468. The molecule has 3 aliphatic rings. The maximum Gasteiger partial charge on any atom is 0.339 e. The van der Waals surface area contributed by atoms with Gasteiger partial charge in [-0.25, -0.2) is 9.29 Å². The first-order valence-electron chi connectivity index (χ1n) is 21.8. The van der Waals surface area contributed by atoms with Gasteiger partial charge < -0.3 is 43.3 Å². The van der Waals surface area contributed by atoms with Crippen molar-refractivity contribution in [2.75, 3.05) is 48.8 Å². The normalized spacial score (nSPS) is 17.0. The molecule has 0 saturated carbocycles. The number of hydrogen-bond donors (Lipinski definition) is 4. The Balaban J connectivity index is 0.000000257. The average molecular weight is 1080 g/mol. The van der Waals surface area contributed by atoms with E-state index >= 15 is 0 Å². The van der Waals surface area contributed by atoms with E-state index < -0.39 is 60.7 Å². The summed E-state index contributed by atoms with van der Waals surface area (Å²) in [5.74, 6) is -0.113. The fourth-order valence-electron chi connectivity index (χ4n) is 7.52. The van der Waals surface area contributed by atoms with Crippen LogP contribution in [0, 0.1) is 25.1 Å². The number of anilines is 2. The zero-order valence-electron chi connectivity index (χ0n) is 39.7. The Bertz CT molecular complexity index is 2420. The Morgan fingerprint density at radius 1 is 1.09 bits per heavy atom. The molecular weight excluding hydrogens is 1020 g/mol. The van der Waals surface area contributed by atoms with Crippen molar-refractivity contribution >= 4 is 95.0 Å². The zero-order chi connectivity index (χ0) is 52.7. The fourth-order valence-corrected chi connectivity index (χ4v) is 8.48. The van der Waals surface area contributed by atoms with Crippen LogP contribution in [0.1, 0.15) is 83.3 Å². The number of carboxylic acid groups (broad SMARTS) is 1. The Kier molecular flexibility index (Phi) is 23.4. The van der Waals surface area contributed by atoms with Crippen LogP contribution >= 0.6 is 54.0 Å². The number of rotatable bonds is 15. The van der Waals surface area contributed by atoms with E-state index in [2.05, 4.69) is 24.2 Å². The molecule has 2 aliphatic heterocycles. The van der Waals surface area contributed by atoms with Gasteiger partial charge in [-0.1, -0.05) is 65.8 Å². The van der Waals surface area contributed by atoms with Gasteiger partial charge >= 0.3 is 13.6 Å². The number of nitrogens with zero attached hydrogens (tertiary/aromatic N) is 3. The molecule has 1 aromatic heterocycles. The van der Waals surface area contributed by atoms with Crippen molar-refractivity contribution in [1.29, 1.82) is 0 Å². The lowest BCUT2D eigenvalue weighted by Crippen LogP contribution is -2.45. The molecule has 384 valence electrons. The van der Waals surface area contributed by atoms with E-state index in [0.29, 0.717) is 42.9 Å². The third-order valence-electron chi connectivity index (χ3n) is 10.7. The molecule has 3 unspecified atom stereocenters. The minimum atomic E-state index is -4.10. The number of terminal acetylenes is 1. The lowest BCUT2D eigenvalue weighted by molar-refractivity contribution is -0.144. The Labute approximate surface area is 426 Å². The lowest BCUT2D eigenvalue weighted by Gasteiger charge is -2.31. The minimum Gasteiger partial charge on any atom is -0.480 e. The van der Waals surface area contributed by atoms with Crippen LogP contribution in [-0.4, -0.2) is 111 Å². The predicted octanol–water partition coefficient (Wildman–Crippen LogP) is 8.30. The third-order valence-corrected chi connectivity index (χ3v) is 12.2. The first kappa shape index (κ1) is 59.8.